The zero-order chi connectivity index (χ0) is 17.1. The Morgan fingerprint density at radius 3 is 2.88 bits per heavy atom. The lowest BCUT2D eigenvalue weighted by atomic mass is 10.1. The highest BCUT2D eigenvalue weighted by Crippen LogP contribution is 2.36. The number of carbonyl (C=O) groups is 1. The quantitative estimate of drug-likeness (QED) is 0.420. The molecule has 0 saturated heterocycles. The van der Waals surface area contributed by atoms with E-state index in [1.54, 1.807) is 0 Å². The zero-order valence-corrected chi connectivity index (χ0v) is 15.4. The third kappa shape index (κ3) is 2.23. The minimum absolute atomic E-state index is 0.0434. The van der Waals surface area contributed by atoms with Crippen molar-refractivity contribution in [2.24, 2.45) is 0 Å². The molecule has 1 aliphatic heterocycles. The fourth-order valence-corrected chi connectivity index (χ4v) is 4.20. The summed E-state index contributed by atoms with van der Waals surface area (Å²) in [7, 11) is 0. The highest BCUT2D eigenvalue weighted by Gasteiger charge is 2.24. The molecule has 5 rings (SSSR count). The van der Waals surface area contributed by atoms with Gasteiger partial charge in [-0.05, 0) is 36.4 Å². The number of amides is 1. The largest absolute Gasteiger partial charge is 0.353 e. The minimum atomic E-state index is -0.0434. The number of hydrogen-bond donors (Lipinski definition) is 2. The molecule has 0 saturated carbocycles. The van der Waals surface area contributed by atoms with Gasteiger partial charge in [0.2, 0.25) is 0 Å². The number of rotatable bonds is 0. The monoisotopic (exact) mass is 413 g/mol. The third-order valence-corrected chi connectivity index (χ3v) is 5.46. The van der Waals surface area contributed by atoms with E-state index in [0.29, 0.717) is 23.7 Å². The maximum Gasteiger partial charge on any atom is 0.254 e. The standard InChI is InChI=1S/C19H13BrClN3O/c20-11-1-3-13-14(9-11)23-18-16-8-10-7-12(21)2-4-15(10)24(16)6-5-22-19(25)17(13)18/h1-4,7-9,23H,5-6H2,(H,22,25). The van der Waals surface area contributed by atoms with E-state index in [2.05, 4.69) is 36.9 Å². The lowest BCUT2D eigenvalue weighted by Gasteiger charge is -2.16. The summed E-state index contributed by atoms with van der Waals surface area (Å²) in [4.78, 5) is 16.2. The molecular formula is C19H13BrClN3O. The number of aromatic nitrogens is 2. The second kappa shape index (κ2) is 5.38. The molecule has 1 amide bonds. The van der Waals surface area contributed by atoms with E-state index in [9.17, 15) is 4.79 Å². The first kappa shape index (κ1) is 15.0. The number of carbonyl (C=O) groups excluding carboxylic acids is 1. The van der Waals surface area contributed by atoms with Crippen LogP contribution >= 0.6 is 27.5 Å². The molecule has 4 nitrogen and oxygen atoms in total. The Kier molecular flexibility index (Phi) is 3.24. The van der Waals surface area contributed by atoms with Crippen molar-refractivity contribution in [3.63, 3.8) is 0 Å². The van der Waals surface area contributed by atoms with Crippen LogP contribution in [-0.4, -0.2) is 22.0 Å². The predicted molar refractivity (Wildman–Crippen MR) is 104 cm³/mol. The van der Waals surface area contributed by atoms with Crippen LogP contribution in [0.4, 0.5) is 0 Å². The van der Waals surface area contributed by atoms with Gasteiger partial charge in [0.05, 0.1) is 17.0 Å². The summed E-state index contributed by atoms with van der Waals surface area (Å²) in [5.74, 6) is -0.0434. The van der Waals surface area contributed by atoms with Crippen molar-refractivity contribution >= 4 is 55.2 Å². The van der Waals surface area contributed by atoms with E-state index >= 15 is 0 Å². The van der Waals surface area contributed by atoms with Gasteiger partial charge in [-0.1, -0.05) is 33.6 Å². The molecule has 2 aromatic heterocycles. The SMILES string of the molecule is O=C1NCCn2c(cc3cc(Cl)ccc32)-c2[nH]c3cc(Br)ccc3c21. The molecule has 2 aromatic carbocycles. The van der Waals surface area contributed by atoms with Crippen molar-refractivity contribution in [3.8, 4) is 11.4 Å². The number of halogens is 2. The van der Waals surface area contributed by atoms with E-state index < -0.39 is 0 Å². The normalized spacial score (nSPS) is 14.1. The fraction of sp³-hybridized carbons (Fsp3) is 0.105. The van der Waals surface area contributed by atoms with Crippen LogP contribution in [0.25, 0.3) is 33.2 Å². The van der Waals surface area contributed by atoms with Crippen LogP contribution < -0.4 is 5.32 Å². The summed E-state index contributed by atoms with van der Waals surface area (Å²) in [5.41, 5.74) is 4.59. The van der Waals surface area contributed by atoms with Gasteiger partial charge in [-0.2, -0.15) is 0 Å². The predicted octanol–water partition coefficient (Wildman–Crippen LogP) is 4.95. The molecule has 4 aromatic rings. The van der Waals surface area contributed by atoms with E-state index in [-0.39, 0.29) is 5.91 Å². The van der Waals surface area contributed by atoms with Gasteiger partial charge in [0.25, 0.3) is 5.91 Å². The maximum absolute atomic E-state index is 12.7. The average molecular weight is 415 g/mol. The molecule has 0 unspecified atom stereocenters. The van der Waals surface area contributed by atoms with Gasteiger partial charge in [0, 0.05) is 44.4 Å². The molecule has 0 fully saturated rings. The number of hydrogen-bond acceptors (Lipinski definition) is 1. The smallest absolute Gasteiger partial charge is 0.254 e. The Hall–Kier alpha value is -2.24. The lowest BCUT2D eigenvalue weighted by molar-refractivity contribution is 0.0953. The van der Waals surface area contributed by atoms with Crippen LogP contribution in [0.15, 0.2) is 46.9 Å². The molecule has 0 aliphatic carbocycles. The first-order valence-corrected chi connectivity index (χ1v) is 9.17. The first-order chi connectivity index (χ1) is 12.1. The Labute approximate surface area is 156 Å². The van der Waals surface area contributed by atoms with Crippen LogP contribution in [0, 0.1) is 0 Å². The van der Waals surface area contributed by atoms with Crippen molar-refractivity contribution in [3.05, 3.63) is 57.5 Å². The van der Waals surface area contributed by atoms with Crippen LogP contribution in [-0.2, 0) is 6.54 Å². The molecule has 1 aliphatic rings. The molecule has 0 bridgehead atoms. The van der Waals surface area contributed by atoms with Crippen molar-refractivity contribution in [1.82, 2.24) is 14.9 Å². The molecule has 0 radical (unpaired) electrons. The Morgan fingerprint density at radius 2 is 2.00 bits per heavy atom. The van der Waals surface area contributed by atoms with Gasteiger partial charge in [-0.25, -0.2) is 0 Å². The molecule has 25 heavy (non-hydrogen) atoms. The summed E-state index contributed by atoms with van der Waals surface area (Å²) in [6.45, 7) is 1.30. The molecule has 0 spiro atoms. The first-order valence-electron chi connectivity index (χ1n) is 8.00. The molecular weight excluding hydrogens is 402 g/mol. The minimum Gasteiger partial charge on any atom is -0.353 e. The average Bonchev–Trinajstić information content (AvgIpc) is 3.10. The van der Waals surface area contributed by atoms with Crippen molar-refractivity contribution in [2.45, 2.75) is 6.54 Å². The lowest BCUT2D eigenvalue weighted by Crippen LogP contribution is -2.29. The van der Waals surface area contributed by atoms with Gasteiger partial charge < -0.3 is 14.9 Å². The van der Waals surface area contributed by atoms with Crippen LogP contribution in [0.2, 0.25) is 5.02 Å². The van der Waals surface area contributed by atoms with Crippen molar-refractivity contribution in [1.29, 1.82) is 0 Å². The van der Waals surface area contributed by atoms with Gasteiger partial charge >= 0.3 is 0 Å². The van der Waals surface area contributed by atoms with Crippen LogP contribution in [0.5, 0.6) is 0 Å². The zero-order valence-electron chi connectivity index (χ0n) is 13.1. The van der Waals surface area contributed by atoms with Crippen molar-refractivity contribution < 1.29 is 4.79 Å². The second-order valence-corrected chi connectivity index (χ2v) is 7.56. The van der Waals surface area contributed by atoms with Gasteiger partial charge in [0.15, 0.2) is 0 Å². The number of nitrogens with one attached hydrogen (secondary N) is 2. The molecule has 124 valence electrons. The summed E-state index contributed by atoms with van der Waals surface area (Å²) in [5, 5.41) is 5.73. The maximum atomic E-state index is 12.7. The Morgan fingerprint density at radius 1 is 1.12 bits per heavy atom. The number of fused-ring (bicyclic) bond motifs is 7. The highest BCUT2D eigenvalue weighted by molar-refractivity contribution is 9.10. The molecule has 2 N–H and O–H groups in total. The number of nitrogens with zero attached hydrogens (tertiary/aromatic N) is 1. The topological polar surface area (TPSA) is 49.8 Å². The fourth-order valence-electron chi connectivity index (χ4n) is 3.66. The van der Waals surface area contributed by atoms with E-state index in [1.165, 1.54) is 0 Å². The second-order valence-electron chi connectivity index (χ2n) is 6.21. The number of H-pyrrole nitrogens is 1. The van der Waals surface area contributed by atoms with Gasteiger partial charge in [0.1, 0.15) is 0 Å². The van der Waals surface area contributed by atoms with Crippen LogP contribution in [0.3, 0.4) is 0 Å². The van der Waals surface area contributed by atoms with Gasteiger partial charge in [-0.15, -0.1) is 0 Å². The number of aromatic amines is 1. The highest BCUT2D eigenvalue weighted by atomic mass is 79.9. The molecule has 6 heteroatoms. The van der Waals surface area contributed by atoms with Crippen molar-refractivity contribution in [2.75, 3.05) is 6.54 Å². The van der Waals surface area contributed by atoms with E-state index in [1.807, 2.05) is 36.4 Å². The van der Waals surface area contributed by atoms with Crippen LogP contribution in [0.1, 0.15) is 10.4 Å². The third-order valence-electron chi connectivity index (χ3n) is 4.73. The Bertz CT molecular complexity index is 1170. The molecule has 3 heterocycles. The van der Waals surface area contributed by atoms with E-state index in [4.69, 9.17) is 11.6 Å². The van der Waals surface area contributed by atoms with E-state index in [0.717, 1.165) is 37.7 Å². The summed E-state index contributed by atoms with van der Waals surface area (Å²) in [6, 6.07) is 13.9. The number of benzene rings is 2. The molecule has 0 atom stereocenters. The summed E-state index contributed by atoms with van der Waals surface area (Å²) >= 11 is 9.66. The Balaban J connectivity index is 1.90. The summed E-state index contributed by atoms with van der Waals surface area (Å²) in [6.07, 6.45) is 0. The summed E-state index contributed by atoms with van der Waals surface area (Å²) < 4.78 is 3.20. The van der Waals surface area contributed by atoms with Gasteiger partial charge in [-0.3, -0.25) is 4.79 Å².